The molecular weight excluding hydrogens is 294 g/mol. The Hall–Kier alpha value is -0.680. The smallest absolute Gasteiger partial charge is 0.140 e. The number of hydrogen-bond donors (Lipinski definition) is 1. The quantitative estimate of drug-likeness (QED) is 0.840. The van der Waals surface area contributed by atoms with Gasteiger partial charge >= 0.3 is 0 Å². The van der Waals surface area contributed by atoms with E-state index in [1.54, 1.807) is 4.68 Å². The molecule has 1 aromatic rings. The predicted octanol–water partition coefficient (Wildman–Crippen LogP) is 2.37. The van der Waals surface area contributed by atoms with Gasteiger partial charge in [0.15, 0.2) is 0 Å². The Balaban J connectivity index is 2.67. The summed E-state index contributed by atoms with van der Waals surface area (Å²) in [7, 11) is 1.87. The van der Waals surface area contributed by atoms with Gasteiger partial charge in [0.1, 0.15) is 5.78 Å². The summed E-state index contributed by atoms with van der Waals surface area (Å²) in [5.74, 6) is 0.183. The van der Waals surface area contributed by atoms with Gasteiger partial charge < -0.3 is 5.73 Å². The fourth-order valence-electron chi connectivity index (χ4n) is 2.04. The minimum atomic E-state index is -0.0138. The van der Waals surface area contributed by atoms with Gasteiger partial charge in [-0.3, -0.25) is 9.48 Å². The zero-order chi connectivity index (χ0) is 13.7. The first kappa shape index (κ1) is 15.4. The number of ketones is 1. The van der Waals surface area contributed by atoms with Crippen LogP contribution in [0.3, 0.4) is 0 Å². The summed E-state index contributed by atoms with van der Waals surface area (Å²) in [4.78, 5) is 12.0. The van der Waals surface area contributed by atoms with Gasteiger partial charge in [-0.25, -0.2) is 0 Å². The van der Waals surface area contributed by atoms with Crippen LogP contribution in [0.15, 0.2) is 4.47 Å². The van der Waals surface area contributed by atoms with Crippen molar-refractivity contribution in [3.05, 3.63) is 15.9 Å². The van der Waals surface area contributed by atoms with Crippen LogP contribution in [0.5, 0.6) is 0 Å². The highest BCUT2D eigenvalue weighted by Gasteiger charge is 2.17. The lowest BCUT2D eigenvalue weighted by molar-refractivity contribution is -0.118. The second-order valence-electron chi connectivity index (χ2n) is 4.65. The first-order valence-electron chi connectivity index (χ1n) is 6.47. The lowest BCUT2D eigenvalue weighted by atomic mass is 10.0. The van der Waals surface area contributed by atoms with Crippen LogP contribution >= 0.6 is 15.9 Å². The number of nitrogens with two attached hydrogens (primary N) is 1. The summed E-state index contributed by atoms with van der Waals surface area (Å²) in [6, 6.07) is -0.0138. The highest BCUT2D eigenvalue weighted by Crippen LogP contribution is 2.22. The van der Waals surface area contributed by atoms with Gasteiger partial charge in [0.25, 0.3) is 0 Å². The lowest BCUT2D eigenvalue weighted by Gasteiger charge is -2.09. The first-order valence-corrected chi connectivity index (χ1v) is 7.26. The molecule has 0 bridgehead atoms. The molecule has 1 heterocycles. The Morgan fingerprint density at radius 1 is 1.50 bits per heavy atom. The number of nitrogens with zero attached hydrogens (tertiary/aromatic N) is 2. The molecule has 1 atom stereocenters. The second-order valence-corrected chi connectivity index (χ2v) is 5.45. The van der Waals surface area contributed by atoms with Gasteiger partial charge in [0.2, 0.25) is 0 Å². The van der Waals surface area contributed by atoms with Crippen LogP contribution in [0.25, 0.3) is 0 Å². The fourth-order valence-corrected chi connectivity index (χ4v) is 2.79. The van der Waals surface area contributed by atoms with Gasteiger partial charge in [-0.2, -0.15) is 5.10 Å². The number of aryl methyl sites for hydroxylation is 2. The highest BCUT2D eigenvalue weighted by atomic mass is 79.9. The molecule has 0 saturated heterocycles. The molecule has 0 fully saturated rings. The maximum absolute atomic E-state index is 12.0. The molecule has 5 heteroatoms. The number of carbonyl (C=O) groups excluding carboxylic acids is 1. The zero-order valence-corrected chi connectivity index (χ0v) is 13.0. The van der Waals surface area contributed by atoms with E-state index >= 15 is 0 Å². The summed E-state index contributed by atoms with van der Waals surface area (Å²) in [6.45, 7) is 4.13. The second kappa shape index (κ2) is 7.04. The molecule has 0 spiro atoms. The van der Waals surface area contributed by atoms with Gasteiger partial charge in [-0.05, 0) is 28.8 Å². The molecule has 1 rings (SSSR count). The molecule has 0 aliphatic heterocycles. The van der Waals surface area contributed by atoms with Crippen LogP contribution in [0.2, 0.25) is 0 Å². The van der Waals surface area contributed by atoms with Crippen molar-refractivity contribution in [1.29, 1.82) is 0 Å². The molecule has 1 unspecified atom stereocenters. The van der Waals surface area contributed by atoms with Gasteiger partial charge in [-0.1, -0.05) is 20.3 Å². The minimum Gasteiger partial charge on any atom is -0.327 e. The third-order valence-corrected chi connectivity index (χ3v) is 3.93. The number of hydrogen-bond acceptors (Lipinski definition) is 3. The number of rotatable bonds is 7. The molecule has 102 valence electrons. The van der Waals surface area contributed by atoms with Crippen LogP contribution < -0.4 is 5.73 Å². The van der Waals surface area contributed by atoms with E-state index in [0.717, 1.165) is 35.1 Å². The molecular formula is C13H22BrN3O. The largest absolute Gasteiger partial charge is 0.327 e. The average molecular weight is 316 g/mol. The molecule has 0 amide bonds. The van der Waals surface area contributed by atoms with Gasteiger partial charge in [-0.15, -0.1) is 0 Å². The molecule has 0 radical (unpaired) electrons. The topological polar surface area (TPSA) is 60.9 Å². The standard InChI is InChI=1S/C13H22BrN3O/c1-4-6-9(15)7-10(18)8-12-13(14)11(5-2)16-17(12)3/h9H,4-8,15H2,1-3H3. The van der Waals surface area contributed by atoms with Crippen molar-refractivity contribution in [3.8, 4) is 0 Å². The van der Waals surface area contributed by atoms with E-state index in [2.05, 4.69) is 34.9 Å². The molecule has 0 saturated carbocycles. The molecule has 18 heavy (non-hydrogen) atoms. The summed E-state index contributed by atoms with van der Waals surface area (Å²) in [5.41, 5.74) is 7.83. The predicted molar refractivity (Wildman–Crippen MR) is 76.5 cm³/mol. The Morgan fingerprint density at radius 3 is 2.67 bits per heavy atom. The van der Waals surface area contributed by atoms with E-state index < -0.39 is 0 Å². The van der Waals surface area contributed by atoms with E-state index in [1.165, 1.54) is 0 Å². The lowest BCUT2D eigenvalue weighted by Crippen LogP contribution is -2.24. The van der Waals surface area contributed by atoms with E-state index in [9.17, 15) is 4.79 Å². The Morgan fingerprint density at radius 2 is 2.17 bits per heavy atom. The fraction of sp³-hybridized carbons (Fsp3) is 0.692. The zero-order valence-electron chi connectivity index (χ0n) is 11.4. The van der Waals surface area contributed by atoms with Crippen molar-refractivity contribution in [2.45, 2.75) is 52.0 Å². The van der Waals surface area contributed by atoms with E-state index in [1.807, 2.05) is 7.05 Å². The number of Topliss-reactive ketones (excluding diaryl/α,β-unsaturated/α-hetero) is 1. The van der Waals surface area contributed by atoms with Crippen LogP contribution in [-0.2, 0) is 24.7 Å². The summed E-state index contributed by atoms with van der Waals surface area (Å²) >= 11 is 3.52. The molecule has 1 aromatic heterocycles. The number of carbonyl (C=O) groups is 1. The van der Waals surface area contributed by atoms with Crippen LogP contribution in [0.1, 0.15) is 44.5 Å². The van der Waals surface area contributed by atoms with Gasteiger partial charge in [0.05, 0.1) is 15.9 Å². The Bertz CT molecular complexity index is 415. The summed E-state index contributed by atoms with van der Waals surface area (Å²) in [6.07, 6.45) is 3.63. The van der Waals surface area contributed by atoms with Crippen molar-refractivity contribution in [2.24, 2.45) is 12.8 Å². The van der Waals surface area contributed by atoms with Crippen molar-refractivity contribution in [3.63, 3.8) is 0 Å². The maximum atomic E-state index is 12.0. The molecule has 4 nitrogen and oxygen atoms in total. The van der Waals surface area contributed by atoms with Crippen molar-refractivity contribution < 1.29 is 4.79 Å². The van der Waals surface area contributed by atoms with Crippen molar-refractivity contribution in [1.82, 2.24) is 9.78 Å². The number of aromatic nitrogens is 2. The third kappa shape index (κ3) is 3.92. The van der Waals surface area contributed by atoms with E-state index in [-0.39, 0.29) is 11.8 Å². The minimum absolute atomic E-state index is 0.0138. The molecule has 0 aliphatic carbocycles. The molecule has 0 aromatic carbocycles. The number of halogens is 1. The normalized spacial score (nSPS) is 12.7. The van der Waals surface area contributed by atoms with E-state index in [0.29, 0.717) is 12.8 Å². The summed E-state index contributed by atoms with van der Waals surface area (Å²) in [5, 5.41) is 4.38. The SMILES string of the molecule is CCCC(N)CC(=O)Cc1c(Br)c(CC)nn1C. The average Bonchev–Trinajstić information content (AvgIpc) is 2.56. The summed E-state index contributed by atoms with van der Waals surface area (Å²) < 4.78 is 2.75. The van der Waals surface area contributed by atoms with E-state index in [4.69, 9.17) is 5.73 Å². The monoisotopic (exact) mass is 315 g/mol. The molecule has 0 aliphatic rings. The van der Waals surface area contributed by atoms with Crippen LogP contribution in [-0.4, -0.2) is 21.6 Å². The third-order valence-electron chi connectivity index (χ3n) is 3.02. The Labute approximate surface area is 117 Å². The van der Waals surface area contributed by atoms with Crippen LogP contribution in [0, 0.1) is 0 Å². The Kier molecular flexibility index (Phi) is 6.02. The highest BCUT2D eigenvalue weighted by molar-refractivity contribution is 9.10. The first-order chi connectivity index (χ1) is 8.49. The molecule has 2 N–H and O–H groups in total. The van der Waals surface area contributed by atoms with Crippen LogP contribution in [0.4, 0.5) is 0 Å². The maximum Gasteiger partial charge on any atom is 0.140 e. The van der Waals surface area contributed by atoms with Gasteiger partial charge in [0, 0.05) is 25.9 Å². The van der Waals surface area contributed by atoms with Crippen molar-refractivity contribution in [2.75, 3.05) is 0 Å². The van der Waals surface area contributed by atoms with Crippen molar-refractivity contribution >= 4 is 21.7 Å².